The second kappa shape index (κ2) is 7.09. The van der Waals surface area contributed by atoms with E-state index in [2.05, 4.69) is 5.32 Å². The number of aliphatic carboxylic acids is 1. The number of hydrogen-bond donors (Lipinski definition) is 3. The molecule has 0 aliphatic carbocycles. The summed E-state index contributed by atoms with van der Waals surface area (Å²) in [6.45, 7) is 0. The summed E-state index contributed by atoms with van der Waals surface area (Å²) < 4.78 is 32.9. The van der Waals surface area contributed by atoms with Crippen LogP contribution in [-0.2, 0) is 11.2 Å². The molecule has 1 atom stereocenters. The minimum atomic E-state index is -1.46. The van der Waals surface area contributed by atoms with Crippen LogP contribution in [0.25, 0.3) is 0 Å². The van der Waals surface area contributed by atoms with Gasteiger partial charge in [-0.15, -0.1) is 0 Å². The molecule has 1 rings (SSSR count). The van der Waals surface area contributed by atoms with Gasteiger partial charge in [0.25, 0.3) is 0 Å². The minimum absolute atomic E-state index is 0.128. The quantitative estimate of drug-likeness (QED) is 0.508. The van der Waals surface area contributed by atoms with E-state index in [9.17, 15) is 18.4 Å². The number of carbonyl (C=O) groups is 2. The Bertz CT molecular complexity index is 595. The van der Waals surface area contributed by atoms with Gasteiger partial charge in [-0.2, -0.15) is 0 Å². The first-order chi connectivity index (χ1) is 9.76. The van der Waals surface area contributed by atoms with Gasteiger partial charge in [0.05, 0.1) is 0 Å². The number of nitrogens with one attached hydrogen (secondary N) is 1. The van der Waals surface area contributed by atoms with Crippen LogP contribution >= 0.6 is 0 Å². The van der Waals surface area contributed by atoms with E-state index in [1.54, 1.807) is 0 Å². The van der Waals surface area contributed by atoms with E-state index >= 15 is 0 Å². The van der Waals surface area contributed by atoms with E-state index in [0.717, 1.165) is 31.8 Å². The molecule has 21 heavy (non-hydrogen) atoms. The van der Waals surface area contributed by atoms with Crippen molar-refractivity contribution < 1.29 is 52.9 Å². The summed E-state index contributed by atoms with van der Waals surface area (Å²) in [6.07, 6.45) is -0.513. The van der Waals surface area contributed by atoms with E-state index < -0.39 is 36.0 Å². The Kier molecular flexibility index (Phi) is 5.98. The van der Waals surface area contributed by atoms with Crippen molar-refractivity contribution in [2.24, 2.45) is 5.73 Å². The van der Waals surface area contributed by atoms with Gasteiger partial charge in [0, 0.05) is 0 Å². The van der Waals surface area contributed by atoms with Gasteiger partial charge >= 0.3 is 134 Å². The number of carbonyl (C=O) groups excluding carboxylic acids is 1. The van der Waals surface area contributed by atoms with Gasteiger partial charge in [-0.1, -0.05) is 0 Å². The number of rotatable bonds is 5. The van der Waals surface area contributed by atoms with Gasteiger partial charge < -0.3 is 0 Å². The van der Waals surface area contributed by atoms with Crippen LogP contribution in [0.1, 0.15) is 15.9 Å². The molecule has 0 aliphatic rings. The molecule has 1 amide bonds. The fraction of sp³-hybridized carbons (Fsp3) is 0.333. The van der Waals surface area contributed by atoms with Crippen LogP contribution in [0.4, 0.5) is 8.78 Å². The van der Waals surface area contributed by atoms with Crippen LogP contribution in [0.3, 0.4) is 0 Å². The predicted molar refractivity (Wildman–Crippen MR) is 65.2 cm³/mol. The van der Waals surface area contributed by atoms with Crippen LogP contribution in [-0.4, -0.2) is 37.2 Å². The van der Waals surface area contributed by atoms with Crippen molar-refractivity contribution in [2.75, 3.05) is 14.2 Å². The van der Waals surface area contributed by atoms with Crippen molar-refractivity contribution in [3.05, 3.63) is 22.8 Å². The number of nitrogens with two attached hydrogens (primary N) is 1. The van der Waals surface area contributed by atoms with Gasteiger partial charge in [0.1, 0.15) is 0 Å². The summed E-state index contributed by atoms with van der Waals surface area (Å²) >= 11 is 0.906. The zero-order chi connectivity index (χ0) is 16.3. The SMILES string of the molecule is CNC(=O)c1c([At])c(OC)c(F)c(F)c1CC(N)C(=O)O. The molecule has 0 aromatic heterocycles. The Hall–Kier alpha value is -1.34. The summed E-state index contributed by atoms with van der Waals surface area (Å²) in [5.74, 6) is -5.03. The molecular formula is C12H13AtF2N2O4. The predicted octanol–water partition coefficient (Wildman–Crippen LogP) is -0.538. The van der Waals surface area contributed by atoms with Crippen LogP contribution in [0.2, 0.25) is 0 Å². The van der Waals surface area contributed by atoms with Crippen LogP contribution in [0.15, 0.2) is 0 Å². The number of halogens is 2. The number of ether oxygens (including phenoxy) is 1. The molecule has 0 aliphatic heterocycles. The topological polar surface area (TPSA) is 102 Å². The van der Waals surface area contributed by atoms with Crippen LogP contribution in [0.5, 0.6) is 5.75 Å². The third kappa shape index (κ3) is 3.47. The molecule has 0 bridgehead atoms. The van der Waals surface area contributed by atoms with Gasteiger partial charge in [-0.3, -0.25) is 0 Å². The number of carboxylic acid groups (broad SMARTS) is 1. The van der Waals surface area contributed by atoms with E-state index in [-0.39, 0.29) is 20.1 Å². The first-order valence-electron chi connectivity index (χ1n) is 5.69. The Morgan fingerprint density at radius 3 is 2.43 bits per heavy atom. The molecule has 1 aromatic carbocycles. The average Bonchev–Trinajstić information content (AvgIpc) is 2.44. The third-order valence-electron chi connectivity index (χ3n) is 2.78. The molecule has 0 radical (unpaired) electrons. The first kappa shape index (κ1) is 17.7. The van der Waals surface area contributed by atoms with Crippen molar-refractivity contribution in [2.45, 2.75) is 12.5 Å². The fourth-order valence-electron chi connectivity index (χ4n) is 1.72. The van der Waals surface area contributed by atoms with E-state index in [1.807, 2.05) is 0 Å². The zero-order valence-electron chi connectivity index (χ0n) is 11.2. The maximum absolute atomic E-state index is 14.1. The normalized spacial score (nSPS) is 11.9. The molecule has 116 valence electrons. The fourth-order valence-corrected chi connectivity index (χ4v) is 3.12. The van der Waals surface area contributed by atoms with Crippen molar-refractivity contribution in [3.8, 4) is 5.75 Å². The van der Waals surface area contributed by atoms with Gasteiger partial charge in [0.15, 0.2) is 0 Å². The molecular weight excluding hydrogens is 484 g/mol. The Morgan fingerprint density at radius 2 is 2.00 bits per heavy atom. The zero-order valence-corrected chi connectivity index (χ0v) is 14.1. The van der Waals surface area contributed by atoms with Gasteiger partial charge in [-0.05, 0) is 0 Å². The van der Waals surface area contributed by atoms with Crippen LogP contribution in [0, 0.1) is 36.4 Å². The first-order valence-corrected chi connectivity index (χ1v) is 7.16. The molecule has 4 N–H and O–H groups in total. The average molecular weight is 497 g/mol. The Labute approximate surface area is 134 Å². The summed E-state index contributed by atoms with van der Waals surface area (Å²) in [5, 5.41) is 11.1. The molecule has 0 saturated heterocycles. The molecule has 9 heteroatoms. The summed E-state index contributed by atoms with van der Waals surface area (Å²) in [6, 6.07) is -1.46. The Balaban J connectivity index is 3.60. The van der Waals surface area contributed by atoms with E-state index in [4.69, 9.17) is 15.6 Å². The third-order valence-corrected chi connectivity index (χ3v) is 4.18. The monoisotopic (exact) mass is 497 g/mol. The molecule has 1 aromatic rings. The standard InChI is InChI=1S/C12H13AtF2N2O4/c1-17-11(18)6-4(3-5(16)12(19)20)8(14)9(15)10(21-2)7(6)13/h5H,3,16H2,1-2H3,(H,17,18)(H,19,20). The molecule has 0 fully saturated rings. The summed E-state index contributed by atoms with van der Waals surface area (Å²) in [5.41, 5.74) is 4.83. The number of benzene rings is 1. The number of carboxylic acids is 1. The summed E-state index contributed by atoms with van der Waals surface area (Å²) in [7, 11) is 2.47. The van der Waals surface area contributed by atoms with Gasteiger partial charge in [-0.25, -0.2) is 0 Å². The maximum atomic E-state index is 14.1. The van der Waals surface area contributed by atoms with Gasteiger partial charge in [0.2, 0.25) is 0 Å². The van der Waals surface area contributed by atoms with Crippen LogP contribution < -0.4 is 19.1 Å². The van der Waals surface area contributed by atoms with E-state index in [0.29, 0.717) is 0 Å². The van der Waals surface area contributed by atoms with E-state index in [1.165, 1.54) is 7.05 Å². The van der Waals surface area contributed by atoms with Crippen molar-refractivity contribution >= 4 is 15.1 Å². The molecule has 6 nitrogen and oxygen atoms in total. The number of hydrogen-bond acceptors (Lipinski definition) is 4. The van der Waals surface area contributed by atoms with Crippen molar-refractivity contribution in [1.82, 2.24) is 5.32 Å². The van der Waals surface area contributed by atoms with Crippen molar-refractivity contribution in [1.29, 1.82) is 0 Å². The number of methoxy groups -OCH3 is 1. The molecule has 0 saturated carbocycles. The molecule has 0 heterocycles. The summed E-state index contributed by atoms with van der Waals surface area (Å²) in [4.78, 5) is 22.7. The number of amides is 1. The Morgan fingerprint density at radius 1 is 1.43 bits per heavy atom. The van der Waals surface area contributed by atoms with Crippen molar-refractivity contribution in [3.63, 3.8) is 0 Å². The molecule has 1 unspecified atom stereocenters. The molecule has 0 spiro atoms. The second-order valence-corrected chi connectivity index (χ2v) is 5.53. The second-order valence-electron chi connectivity index (χ2n) is 4.06.